The van der Waals surface area contributed by atoms with Crippen LogP contribution < -0.4 is 5.32 Å². The summed E-state index contributed by atoms with van der Waals surface area (Å²) in [4.78, 5) is 33.5. The van der Waals surface area contributed by atoms with Crippen molar-refractivity contribution in [2.24, 2.45) is 0 Å². The molecule has 2 N–H and O–H groups in total. The van der Waals surface area contributed by atoms with E-state index in [2.05, 4.69) is 0 Å². The van der Waals surface area contributed by atoms with Gasteiger partial charge in [0, 0.05) is 0 Å². The molecule has 0 saturated carbocycles. The molecule has 2 unspecified atom stereocenters. The molecule has 0 aromatic rings. The number of nitrogens with zero attached hydrogens (tertiary/aromatic N) is 1. The highest BCUT2D eigenvalue weighted by molar-refractivity contribution is 7.90. The zero-order valence-electron chi connectivity index (χ0n) is 9.91. The Morgan fingerprint density at radius 1 is 1.56 bits per heavy atom. The highest BCUT2D eigenvalue weighted by atomic mass is 32.2. The molecular weight excluding hydrogens is 264 g/mol. The van der Waals surface area contributed by atoms with Gasteiger partial charge in [-0.15, -0.1) is 0 Å². The minimum Gasteiger partial charge on any atom is -0.480 e. The maximum atomic E-state index is 12.0. The number of rotatable bonds is 4. The van der Waals surface area contributed by atoms with E-state index in [9.17, 15) is 22.8 Å². The second kappa shape index (κ2) is 5.02. The number of carboxylic acid groups (broad SMARTS) is 1. The average Bonchev–Trinajstić information content (AvgIpc) is 2.26. The maximum Gasteiger partial charge on any atom is 0.323 e. The second-order valence-corrected chi connectivity index (χ2v) is 6.11. The van der Waals surface area contributed by atoms with E-state index >= 15 is 0 Å². The van der Waals surface area contributed by atoms with Crippen molar-refractivity contribution in [2.75, 3.05) is 6.54 Å². The van der Waals surface area contributed by atoms with Crippen LogP contribution in [0.2, 0.25) is 0 Å². The van der Waals surface area contributed by atoms with Crippen molar-refractivity contribution in [3.63, 3.8) is 0 Å². The number of piperazine rings is 1. The molecule has 2 atom stereocenters. The number of carbonyl (C=O) groups is 3. The van der Waals surface area contributed by atoms with Gasteiger partial charge in [0.2, 0.25) is 21.8 Å². The molecule has 0 bridgehead atoms. The lowest BCUT2D eigenvalue weighted by atomic mass is 10.2. The molecule has 1 saturated heterocycles. The van der Waals surface area contributed by atoms with Crippen LogP contribution in [0.3, 0.4) is 0 Å². The first kappa shape index (κ1) is 14.6. The monoisotopic (exact) mass is 278 g/mol. The Kier molecular flexibility index (Phi) is 4.07. The summed E-state index contributed by atoms with van der Waals surface area (Å²) in [5.41, 5.74) is 0. The number of aliphatic carboxylic acids is 1. The molecule has 1 aliphatic rings. The van der Waals surface area contributed by atoms with E-state index < -0.39 is 45.6 Å². The van der Waals surface area contributed by atoms with Crippen molar-refractivity contribution in [3.05, 3.63) is 0 Å². The van der Waals surface area contributed by atoms with Crippen LogP contribution >= 0.6 is 0 Å². The third kappa shape index (κ3) is 2.51. The van der Waals surface area contributed by atoms with Crippen LogP contribution in [0.5, 0.6) is 0 Å². The third-order valence-corrected chi connectivity index (χ3v) is 4.85. The van der Waals surface area contributed by atoms with Crippen molar-refractivity contribution in [1.29, 1.82) is 0 Å². The summed E-state index contributed by atoms with van der Waals surface area (Å²) < 4.78 is 24.7. The summed E-state index contributed by atoms with van der Waals surface area (Å²) >= 11 is 0. The summed E-state index contributed by atoms with van der Waals surface area (Å²) in [6, 6.07) is -1.05. The minimum absolute atomic E-state index is 0.157. The molecule has 1 rings (SSSR count). The van der Waals surface area contributed by atoms with Gasteiger partial charge in [0.25, 0.3) is 0 Å². The topological polar surface area (TPSA) is 121 Å². The number of amides is 2. The molecule has 0 spiro atoms. The van der Waals surface area contributed by atoms with Gasteiger partial charge in [-0.1, -0.05) is 6.92 Å². The van der Waals surface area contributed by atoms with Crippen LogP contribution in [0.4, 0.5) is 0 Å². The van der Waals surface area contributed by atoms with Crippen LogP contribution in [-0.4, -0.2) is 53.4 Å². The van der Waals surface area contributed by atoms with Crippen LogP contribution in [0, 0.1) is 0 Å². The van der Waals surface area contributed by atoms with Gasteiger partial charge < -0.3 is 5.11 Å². The number of hydrogen-bond acceptors (Lipinski definition) is 5. The van der Waals surface area contributed by atoms with E-state index in [0.717, 1.165) is 6.92 Å². The molecule has 1 heterocycles. The predicted molar refractivity (Wildman–Crippen MR) is 60.0 cm³/mol. The lowest BCUT2D eigenvalue weighted by Gasteiger charge is -2.33. The third-order valence-electron chi connectivity index (χ3n) is 2.72. The molecule has 1 fully saturated rings. The second-order valence-electron chi connectivity index (χ2n) is 3.91. The first-order chi connectivity index (χ1) is 8.21. The Labute approximate surface area is 104 Å². The SMILES string of the molecule is CCC1C(=O)NC(=O)CN1S(=O)(=O)C(C)C(=O)O. The van der Waals surface area contributed by atoms with Crippen LogP contribution in [0.1, 0.15) is 20.3 Å². The van der Waals surface area contributed by atoms with Crippen LogP contribution in [-0.2, 0) is 24.4 Å². The molecule has 0 aromatic carbocycles. The van der Waals surface area contributed by atoms with E-state index in [-0.39, 0.29) is 6.42 Å². The molecule has 0 aromatic heterocycles. The normalized spacial score (nSPS) is 23.6. The number of nitrogens with one attached hydrogen (secondary N) is 1. The van der Waals surface area contributed by atoms with E-state index in [4.69, 9.17) is 5.11 Å². The van der Waals surface area contributed by atoms with Crippen molar-refractivity contribution in [3.8, 4) is 0 Å². The molecule has 0 aliphatic carbocycles. The quantitative estimate of drug-likeness (QED) is 0.605. The maximum absolute atomic E-state index is 12.0. The summed E-state index contributed by atoms with van der Waals surface area (Å²) in [5, 5.41) is 9.06. The largest absolute Gasteiger partial charge is 0.480 e. The lowest BCUT2D eigenvalue weighted by molar-refractivity contribution is -0.139. The Bertz CT molecular complexity index is 485. The van der Waals surface area contributed by atoms with Gasteiger partial charge in [-0.25, -0.2) is 8.42 Å². The summed E-state index contributed by atoms with van der Waals surface area (Å²) in [6.45, 7) is 2.04. The van der Waals surface area contributed by atoms with Crippen molar-refractivity contribution < 1.29 is 27.9 Å². The van der Waals surface area contributed by atoms with E-state index in [1.54, 1.807) is 6.92 Å². The van der Waals surface area contributed by atoms with Gasteiger partial charge in [-0.2, -0.15) is 4.31 Å². The standard InChI is InChI=1S/C9H14N2O6S/c1-3-6-8(13)10-7(12)4-11(6)18(16,17)5(2)9(14)15/h5-6H,3-4H2,1-2H3,(H,14,15)(H,10,12,13). The first-order valence-corrected chi connectivity index (χ1v) is 6.79. The first-order valence-electron chi connectivity index (χ1n) is 5.29. The van der Waals surface area contributed by atoms with Crippen molar-refractivity contribution in [2.45, 2.75) is 31.6 Å². The molecule has 2 amide bonds. The summed E-state index contributed by atoms with van der Waals surface area (Å²) in [6.07, 6.45) is 0.157. The molecule has 9 heteroatoms. The number of hydrogen-bond donors (Lipinski definition) is 2. The Morgan fingerprint density at radius 3 is 2.56 bits per heavy atom. The van der Waals surface area contributed by atoms with Gasteiger partial charge in [0.1, 0.15) is 6.04 Å². The highest BCUT2D eigenvalue weighted by Gasteiger charge is 2.44. The molecule has 8 nitrogen and oxygen atoms in total. The average molecular weight is 278 g/mol. The van der Waals surface area contributed by atoms with Crippen molar-refractivity contribution >= 4 is 27.8 Å². The molecule has 18 heavy (non-hydrogen) atoms. The van der Waals surface area contributed by atoms with E-state index in [1.807, 2.05) is 5.32 Å². The Balaban J connectivity index is 3.15. The van der Waals surface area contributed by atoms with Crippen LogP contribution in [0.25, 0.3) is 0 Å². The lowest BCUT2D eigenvalue weighted by Crippen LogP contribution is -2.61. The molecule has 0 radical (unpaired) electrons. The Morgan fingerprint density at radius 2 is 2.11 bits per heavy atom. The number of imide groups is 1. The van der Waals surface area contributed by atoms with Gasteiger partial charge >= 0.3 is 5.97 Å². The zero-order valence-corrected chi connectivity index (χ0v) is 10.7. The van der Waals surface area contributed by atoms with Gasteiger partial charge in [-0.3, -0.25) is 19.7 Å². The predicted octanol–water partition coefficient (Wildman–Crippen LogP) is -1.47. The number of carbonyl (C=O) groups excluding carboxylic acids is 2. The van der Waals surface area contributed by atoms with Crippen molar-refractivity contribution in [1.82, 2.24) is 9.62 Å². The molecule has 1 aliphatic heterocycles. The Hall–Kier alpha value is -1.48. The smallest absolute Gasteiger partial charge is 0.323 e. The molecular formula is C9H14N2O6S. The number of sulfonamides is 1. The fourth-order valence-electron chi connectivity index (χ4n) is 1.63. The van der Waals surface area contributed by atoms with Crippen LogP contribution in [0.15, 0.2) is 0 Å². The van der Waals surface area contributed by atoms with Gasteiger partial charge in [0.05, 0.1) is 6.54 Å². The number of carboxylic acids is 1. The zero-order chi connectivity index (χ0) is 14.1. The minimum atomic E-state index is -4.24. The summed E-state index contributed by atoms with van der Waals surface area (Å²) in [5.74, 6) is -3.01. The fourth-order valence-corrected chi connectivity index (χ4v) is 3.19. The van der Waals surface area contributed by atoms with Gasteiger partial charge in [0.15, 0.2) is 5.25 Å². The van der Waals surface area contributed by atoms with Gasteiger partial charge in [-0.05, 0) is 13.3 Å². The van der Waals surface area contributed by atoms with E-state index in [1.165, 1.54) is 0 Å². The highest BCUT2D eigenvalue weighted by Crippen LogP contribution is 2.18. The fraction of sp³-hybridized carbons (Fsp3) is 0.667. The van der Waals surface area contributed by atoms with E-state index in [0.29, 0.717) is 4.31 Å². The molecule has 102 valence electrons. The summed E-state index contributed by atoms with van der Waals surface area (Å²) in [7, 11) is -4.24.